The number of hydrogen-bond acceptors (Lipinski definition) is 6. The zero-order chi connectivity index (χ0) is 19.1. The van der Waals surface area contributed by atoms with Crippen molar-refractivity contribution in [3.8, 4) is 11.3 Å². The molecule has 1 unspecified atom stereocenters. The second-order valence-corrected chi connectivity index (χ2v) is 6.66. The fraction of sp³-hybridized carbons (Fsp3) is 0.211. The van der Waals surface area contributed by atoms with Crippen molar-refractivity contribution in [1.82, 2.24) is 14.8 Å². The molecule has 0 saturated carbocycles. The second-order valence-electron chi connectivity index (χ2n) is 6.25. The third-order valence-corrected chi connectivity index (χ3v) is 4.96. The van der Waals surface area contributed by atoms with Gasteiger partial charge in [0.2, 0.25) is 5.95 Å². The maximum absolute atomic E-state index is 12.4. The van der Waals surface area contributed by atoms with Crippen molar-refractivity contribution < 1.29 is 13.9 Å². The van der Waals surface area contributed by atoms with Gasteiger partial charge in [0.05, 0.1) is 12.7 Å². The number of carbonyl (C=O) groups is 1. The van der Waals surface area contributed by atoms with E-state index in [0.29, 0.717) is 33.8 Å². The highest BCUT2D eigenvalue weighted by molar-refractivity contribution is 6.31. The maximum atomic E-state index is 12.4. The van der Waals surface area contributed by atoms with Gasteiger partial charge in [0.1, 0.15) is 23.9 Å². The molecule has 8 heteroatoms. The van der Waals surface area contributed by atoms with Crippen LogP contribution in [0.3, 0.4) is 0 Å². The Kier molecular flexibility index (Phi) is 4.24. The molecule has 0 spiro atoms. The van der Waals surface area contributed by atoms with E-state index in [1.165, 1.54) is 13.4 Å². The molecule has 3 heterocycles. The van der Waals surface area contributed by atoms with Crippen LogP contribution in [0.2, 0.25) is 5.02 Å². The summed E-state index contributed by atoms with van der Waals surface area (Å²) in [6.07, 6.45) is 1.42. The third kappa shape index (κ3) is 2.90. The van der Waals surface area contributed by atoms with E-state index in [9.17, 15) is 4.79 Å². The van der Waals surface area contributed by atoms with Gasteiger partial charge < -0.3 is 14.5 Å². The number of aromatic nitrogens is 3. The smallest absolute Gasteiger partial charge is 0.338 e. The second kappa shape index (κ2) is 6.59. The average molecular weight is 385 g/mol. The summed E-state index contributed by atoms with van der Waals surface area (Å²) < 4.78 is 12.7. The van der Waals surface area contributed by atoms with Crippen molar-refractivity contribution in [2.24, 2.45) is 0 Å². The van der Waals surface area contributed by atoms with Crippen molar-refractivity contribution in [2.75, 3.05) is 12.4 Å². The SMILES string of the molecule is COC(=O)C1=C(C)Nc2ncnn2C1c1ccc(-c2ccc(C)c(Cl)c2)o1. The largest absolute Gasteiger partial charge is 0.466 e. The lowest BCUT2D eigenvalue weighted by atomic mass is 10.0. The Morgan fingerprint density at radius 1 is 1.30 bits per heavy atom. The molecule has 0 fully saturated rings. The number of carbonyl (C=O) groups excluding carboxylic acids is 1. The molecule has 2 aromatic heterocycles. The number of esters is 1. The number of allylic oxidation sites excluding steroid dienone is 1. The molecule has 0 saturated heterocycles. The summed E-state index contributed by atoms with van der Waals surface area (Å²) in [4.78, 5) is 16.6. The van der Waals surface area contributed by atoms with Gasteiger partial charge in [-0.25, -0.2) is 9.48 Å². The molecule has 0 aliphatic carbocycles. The van der Waals surface area contributed by atoms with E-state index in [1.807, 2.05) is 37.3 Å². The Labute approximate surface area is 160 Å². The first-order valence-corrected chi connectivity index (χ1v) is 8.69. The minimum absolute atomic E-state index is 0.415. The molecule has 0 amide bonds. The number of ether oxygens (including phenoxy) is 1. The van der Waals surface area contributed by atoms with Gasteiger partial charge in [-0.05, 0) is 37.6 Å². The minimum Gasteiger partial charge on any atom is -0.466 e. The molecule has 0 bridgehead atoms. The van der Waals surface area contributed by atoms with Crippen LogP contribution in [0, 0.1) is 6.92 Å². The predicted octanol–water partition coefficient (Wildman–Crippen LogP) is 3.96. The van der Waals surface area contributed by atoms with Crippen LogP contribution in [-0.4, -0.2) is 27.8 Å². The summed E-state index contributed by atoms with van der Waals surface area (Å²) in [5.41, 5.74) is 2.90. The van der Waals surface area contributed by atoms with E-state index in [-0.39, 0.29) is 0 Å². The van der Waals surface area contributed by atoms with Gasteiger partial charge in [-0.1, -0.05) is 23.7 Å². The number of rotatable bonds is 3. The molecule has 1 aliphatic rings. The molecule has 138 valence electrons. The number of hydrogen-bond donors (Lipinski definition) is 1. The first-order chi connectivity index (χ1) is 13.0. The number of halogens is 1. The fourth-order valence-electron chi connectivity index (χ4n) is 3.13. The summed E-state index contributed by atoms with van der Waals surface area (Å²) in [5, 5.41) is 7.97. The summed E-state index contributed by atoms with van der Waals surface area (Å²) in [5.74, 6) is 1.27. The molecule has 1 aromatic carbocycles. The van der Waals surface area contributed by atoms with Crippen LogP contribution in [0.4, 0.5) is 5.95 Å². The molecule has 0 radical (unpaired) electrons. The molecule has 27 heavy (non-hydrogen) atoms. The monoisotopic (exact) mass is 384 g/mol. The van der Waals surface area contributed by atoms with Crippen molar-refractivity contribution in [3.05, 3.63) is 64.3 Å². The zero-order valence-electron chi connectivity index (χ0n) is 15.0. The van der Waals surface area contributed by atoms with E-state index in [2.05, 4.69) is 15.4 Å². The maximum Gasteiger partial charge on any atom is 0.338 e. The highest BCUT2D eigenvalue weighted by atomic mass is 35.5. The van der Waals surface area contributed by atoms with E-state index in [1.54, 1.807) is 11.6 Å². The molecular formula is C19H17ClN4O3. The summed E-state index contributed by atoms with van der Waals surface area (Å²) in [6.45, 7) is 3.73. The quantitative estimate of drug-likeness (QED) is 0.688. The van der Waals surface area contributed by atoms with Gasteiger partial charge in [0.25, 0.3) is 0 Å². The number of aryl methyl sites for hydroxylation is 1. The molecule has 7 nitrogen and oxygen atoms in total. The van der Waals surface area contributed by atoms with Gasteiger partial charge in [0, 0.05) is 16.3 Å². The zero-order valence-corrected chi connectivity index (χ0v) is 15.7. The van der Waals surface area contributed by atoms with Crippen molar-refractivity contribution in [1.29, 1.82) is 0 Å². The van der Waals surface area contributed by atoms with Gasteiger partial charge in [-0.2, -0.15) is 10.1 Å². The summed E-state index contributed by atoms with van der Waals surface area (Å²) in [7, 11) is 1.35. The number of furan rings is 1. The molecule has 1 atom stereocenters. The van der Waals surface area contributed by atoms with E-state index in [0.717, 1.165) is 11.1 Å². The fourth-order valence-corrected chi connectivity index (χ4v) is 3.31. The Bertz CT molecular complexity index is 1070. The number of benzene rings is 1. The number of fused-ring (bicyclic) bond motifs is 1. The summed E-state index contributed by atoms with van der Waals surface area (Å²) in [6, 6.07) is 8.82. The number of nitrogens with zero attached hydrogens (tertiary/aromatic N) is 3. The van der Waals surface area contributed by atoms with E-state index >= 15 is 0 Å². The van der Waals surface area contributed by atoms with Crippen molar-refractivity contribution in [3.63, 3.8) is 0 Å². The van der Waals surface area contributed by atoms with Gasteiger partial charge >= 0.3 is 5.97 Å². The molecule has 3 aromatic rings. The highest BCUT2D eigenvalue weighted by Gasteiger charge is 2.36. The lowest BCUT2D eigenvalue weighted by Gasteiger charge is -2.26. The van der Waals surface area contributed by atoms with E-state index < -0.39 is 12.0 Å². The van der Waals surface area contributed by atoms with Gasteiger partial charge in [-0.15, -0.1) is 0 Å². The lowest BCUT2D eigenvalue weighted by molar-refractivity contribution is -0.136. The predicted molar refractivity (Wildman–Crippen MR) is 100 cm³/mol. The van der Waals surface area contributed by atoms with Crippen LogP contribution in [0.5, 0.6) is 0 Å². The Hall–Kier alpha value is -3.06. The topological polar surface area (TPSA) is 82.2 Å². The van der Waals surface area contributed by atoms with Crippen LogP contribution < -0.4 is 5.32 Å². The number of nitrogens with one attached hydrogen (secondary N) is 1. The third-order valence-electron chi connectivity index (χ3n) is 4.55. The Morgan fingerprint density at radius 2 is 2.11 bits per heavy atom. The van der Waals surface area contributed by atoms with Crippen LogP contribution in [0.25, 0.3) is 11.3 Å². The first-order valence-electron chi connectivity index (χ1n) is 8.31. The van der Waals surface area contributed by atoms with Crippen LogP contribution >= 0.6 is 11.6 Å². The Balaban J connectivity index is 1.81. The summed E-state index contributed by atoms with van der Waals surface area (Å²) >= 11 is 6.23. The van der Waals surface area contributed by atoms with Crippen molar-refractivity contribution >= 4 is 23.5 Å². The van der Waals surface area contributed by atoms with Gasteiger partial charge in [0.15, 0.2) is 0 Å². The van der Waals surface area contributed by atoms with Crippen LogP contribution in [-0.2, 0) is 9.53 Å². The number of methoxy groups -OCH3 is 1. The van der Waals surface area contributed by atoms with E-state index in [4.69, 9.17) is 20.8 Å². The average Bonchev–Trinajstić information content (AvgIpc) is 3.31. The lowest BCUT2D eigenvalue weighted by Crippen LogP contribution is -2.29. The standard InChI is InChI=1S/C19H17ClN4O3/c1-10-4-5-12(8-13(10)20)14-6-7-15(27-14)17-16(18(25)26-3)11(2)23-19-21-9-22-24(17)19/h4-9,17H,1-3H3,(H,21,22,23). The van der Waals surface area contributed by atoms with Crippen LogP contribution in [0.1, 0.15) is 24.3 Å². The molecular weight excluding hydrogens is 368 g/mol. The first kappa shape index (κ1) is 17.4. The molecule has 1 N–H and O–H groups in total. The molecule has 4 rings (SSSR count). The van der Waals surface area contributed by atoms with Crippen molar-refractivity contribution in [2.45, 2.75) is 19.9 Å². The Morgan fingerprint density at radius 3 is 2.85 bits per heavy atom. The highest BCUT2D eigenvalue weighted by Crippen LogP contribution is 2.37. The van der Waals surface area contributed by atoms with Crippen LogP contribution in [0.15, 0.2) is 52.3 Å². The number of anilines is 1. The molecule has 1 aliphatic heterocycles. The normalized spacial score (nSPS) is 16.1. The van der Waals surface area contributed by atoms with Gasteiger partial charge in [-0.3, -0.25) is 0 Å². The minimum atomic E-state index is -0.578.